The van der Waals surface area contributed by atoms with Crippen LogP contribution >= 0.6 is 0 Å². The van der Waals surface area contributed by atoms with Crippen LogP contribution in [0.4, 0.5) is 11.4 Å². The number of nitrogens with zero attached hydrogens (tertiary/aromatic N) is 3. The Morgan fingerprint density at radius 1 is 0.878 bits per heavy atom. The number of aliphatic imine (C=N–C) groups is 1. The lowest BCUT2D eigenvalue weighted by atomic mass is 9.99. The Hall–Kier alpha value is -4.97. The number of aryl methyl sites for hydroxylation is 1. The molecule has 0 radical (unpaired) electrons. The van der Waals surface area contributed by atoms with Gasteiger partial charge in [-0.05, 0) is 68.3 Å². The summed E-state index contributed by atoms with van der Waals surface area (Å²) in [6, 6.07) is 33.8. The van der Waals surface area contributed by atoms with Gasteiger partial charge in [0.1, 0.15) is 5.82 Å². The van der Waals surface area contributed by atoms with Gasteiger partial charge in [0.05, 0.1) is 23.2 Å². The number of ether oxygens (including phenoxy) is 1. The minimum atomic E-state index is -0.0561. The molecule has 1 aromatic heterocycles. The van der Waals surface area contributed by atoms with Crippen LogP contribution in [0.2, 0.25) is 0 Å². The number of aromatic nitrogens is 2. The molecular formula is C35H32N4O2. The van der Waals surface area contributed by atoms with Crippen molar-refractivity contribution < 1.29 is 9.53 Å². The predicted octanol–water partition coefficient (Wildman–Crippen LogP) is 7.76. The molecule has 0 atom stereocenters. The molecule has 5 aromatic rings. The Labute approximate surface area is 240 Å². The van der Waals surface area contributed by atoms with Gasteiger partial charge in [-0.25, -0.2) is 9.98 Å². The van der Waals surface area contributed by atoms with E-state index in [1.165, 1.54) is 0 Å². The van der Waals surface area contributed by atoms with Gasteiger partial charge in [0, 0.05) is 35.3 Å². The van der Waals surface area contributed by atoms with Crippen molar-refractivity contribution in [2.75, 3.05) is 11.4 Å². The molecule has 6 nitrogen and oxygen atoms in total. The smallest absolute Gasteiger partial charge is 0.258 e. The van der Waals surface area contributed by atoms with Gasteiger partial charge in [-0.15, -0.1) is 0 Å². The summed E-state index contributed by atoms with van der Waals surface area (Å²) in [5.41, 5.74) is 8.19. The molecule has 0 saturated heterocycles. The molecule has 0 spiro atoms. The molecule has 1 N–H and O–H groups in total. The lowest BCUT2D eigenvalue weighted by molar-refractivity contribution is 0.0987. The highest BCUT2D eigenvalue weighted by atomic mass is 16.5. The van der Waals surface area contributed by atoms with Gasteiger partial charge < -0.3 is 14.6 Å². The largest absolute Gasteiger partial charge is 0.474 e. The monoisotopic (exact) mass is 540 g/mol. The lowest BCUT2D eigenvalue weighted by Gasteiger charge is -2.23. The van der Waals surface area contributed by atoms with Crippen LogP contribution in [0.5, 0.6) is 0 Å². The van der Waals surface area contributed by atoms with E-state index in [1.807, 2.05) is 111 Å². The summed E-state index contributed by atoms with van der Waals surface area (Å²) in [7, 11) is 0. The number of nitrogens with one attached hydrogen (secondary N) is 1. The number of H-pyrrole nitrogens is 1. The first kappa shape index (κ1) is 26.3. The Balaban J connectivity index is 1.31. The standard InChI is InChI=1S/C35H32N4O2/c1-23(2)41-34(29-14-8-7-13-28(29)25-11-5-4-6-12-25)38-27-19-17-26(18-20-27)35(40)39-22-21-31-33(37-24(3)36-31)30-15-9-10-16-32(30)39/h4-20,23H,21-22H2,1-3H3,(H,36,37)/b38-34-. The van der Waals surface area contributed by atoms with E-state index in [0.717, 1.165) is 45.2 Å². The van der Waals surface area contributed by atoms with E-state index in [9.17, 15) is 4.79 Å². The third-order valence-electron chi connectivity index (χ3n) is 7.11. The molecule has 2 heterocycles. The Kier molecular flexibility index (Phi) is 7.21. The van der Waals surface area contributed by atoms with Gasteiger partial charge in [0.25, 0.3) is 5.91 Å². The number of hydrogen-bond acceptors (Lipinski definition) is 4. The molecule has 6 rings (SSSR count). The summed E-state index contributed by atoms with van der Waals surface area (Å²) >= 11 is 0. The van der Waals surface area contributed by atoms with Crippen LogP contribution in [-0.2, 0) is 11.2 Å². The number of amides is 1. The fourth-order valence-corrected chi connectivity index (χ4v) is 5.27. The highest BCUT2D eigenvalue weighted by molar-refractivity contribution is 6.08. The van der Waals surface area contributed by atoms with Crippen LogP contribution in [0.1, 0.15) is 41.3 Å². The second-order valence-corrected chi connectivity index (χ2v) is 10.4. The quantitative estimate of drug-likeness (QED) is 0.183. The summed E-state index contributed by atoms with van der Waals surface area (Å²) in [4.78, 5) is 28.6. The van der Waals surface area contributed by atoms with Crippen molar-refractivity contribution in [3.63, 3.8) is 0 Å². The molecule has 1 amide bonds. The SMILES string of the molecule is Cc1nc2c([nH]1)CCN(C(=O)c1ccc(/N=C(\OC(C)C)c3ccccc3-c3ccccc3)cc1)c1ccccc1-2. The van der Waals surface area contributed by atoms with E-state index in [-0.39, 0.29) is 12.0 Å². The number of para-hydroxylation sites is 1. The summed E-state index contributed by atoms with van der Waals surface area (Å²) in [5, 5.41) is 0. The molecule has 0 aliphatic carbocycles. The summed E-state index contributed by atoms with van der Waals surface area (Å²) in [6.07, 6.45) is 0.648. The zero-order chi connectivity index (χ0) is 28.3. The van der Waals surface area contributed by atoms with Crippen LogP contribution in [0.3, 0.4) is 0 Å². The van der Waals surface area contributed by atoms with E-state index >= 15 is 0 Å². The number of hydrogen-bond donors (Lipinski definition) is 1. The molecule has 0 saturated carbocycles. The van der Waals surface area contributed by atoms with E-state index in [0.29, 0.717) is 30.1 Å². The summed E-state index contributed by atoms with van der Waals surface area (Å²) < 4.78 is 6.23. The van der Waals surface area contributed by atoms with Crippen molar-refractivity contribution in [3.05, 3.63) is 126 Å². The number of aromatic amines is 1. The van der Waals surface area contributed by atoms with Crippen molar-refractivity contribution in [3.8, 4) is 22.4 Å². The maximum Gasteiger partial charge on any atom is 0.258 e. The van der Waals surface area contributed by atoms with Crippen LogP contribution in [0, 0.1) is 6.92 Å². The molecule has 4 aromatic carbocycles. The fraction of sp³-hybridized carbons (Fsp3) is 0.171. The van der Waals surface area contributed by atoms with Crippen LogP contribution in [0.25, 0.3) is 22.4 Å². The fourth-order valence-electron chi connectivity index (χ4n) is 5.27. The van der Waals surface area contributed by atoms with Gasteiger partial charge in [-0.3, -0.25) is 4.79 Å². The Morgan fingerprint density at radius 2 is 1.56 bits per heavy atom. The van der Waals surface area contributed by atoms with Gasteiger partial charge >= 0.3 is 0 Å². The normalized spacial score (nSPS) is 13.0. The van der Waals surface area contributed by atoms with Crippen molar-refractivity contribution >= 4 is 23.2 Å². The van der Waals surface area contributed by atoms with E-state index in [2.05, 4.69) is 23.2 Å². The first-order valence-corrected chi connectivity index (χ1v) is 13.9. The zero-order valence-electron chi connectivity index (χ0n) is 23.5. The van der Waals surface area contributed by atoms with Gasteiger partial charge in [0.15, 0.2) is 0 Å². The van der Waals surface area contributed by atoms with E-state index in [4.69, 9.17) is 14.7 Å². The van der Waals surface area contributed by atoms with Crippen LogP contribution in [0.15, 0.2) is 108 Å². The number of imidazole rings is 1. The molecule has 0 fully saturated rings. The highest BCUT2D eigenvalue weighted by Crippen LogP contribution is 2.36. The second-order valence-electron chi connectivity index (χ2n) is 10.4. The number of benzene rings is 4. The summed E-state index contributed by atoms with van der Waals surface area (Å²) in [6.45, 7) is 6.51. The minimum absolute atomic E-state index is 0.0528. The van der Waals surface area contributed by atoms with E-state index in [1.54, 1.807) is 0 Å². The summed E-state index contributed by atoms with van der Waals surface area (Å²) in [5.74, 6) is 1.37. The van der Waals surface area contributed by atoms with Crippen LogP contribution in [-0.4, -0.2) is 34.4 Å². The average Bonchev–Trinajstić information content (AvgIpc) is 3.30. The first-order chi connectivity index (χ1) is 20.0. The zero-order valence-corrected chi connectivity index (χ0v) is 23.5. The van der Waals surface area contributed by atoms with Crippen molar-refractivity contribution in [2.24, 2.45) is 4.99 Å². The number of fused-ring (bicyclic) bond motifs is 3. The van der Waals surface area contributed by atoms with Crippen LogP contribution < -0.4 is 4.90 Å². The number of carbonyl (C=O) groups excluding carboxylic acids is 1. The van der Waals surface area contributed by atoms with Crippen molar-refractivity contribution in [1.29, 1.82) is 0 Å². The number of anilines is 1. The maximum atomic E-state index is 13.8. The van der Waals surface area contributed by atoms with Crippen molar-refractivity contribution in [1.82, 2.24) is 9.97 Å². The third-order valence-corrected chi connectivity index (χ3v) is 7.11. The first-order valence-electron chi connectivity index (χ1n) is 13.9. The van der Waals surface area contributed by atoms with Gasteiger partial charge in [-0.2, -0.15) is 0 Å². The molecule has 6 heteroatoms. The topological polar surface area (TPSA) is 70.6 Å². The maximum absolute atomic E-state index is 13.8. The number of rotatable bonds is 5. The minimum Gasteiger partial charge on any atom is -0.474 e. The second kappa shape index (κ2) is 11.3. The molecule has 1 aliphatic rings. The molecule has 41 heavy (non-hydrogen) atoms. The Bertz CT molecular complexity index is 1720. The van der Waals surface area contributed by atoms with Crippen molar-refractivity contribution in [2.45, 2.75) is 33.3 Å². The molecule has 0 bridgehead atoms. The highest BCUT2D eigenvalue weighted by Gasteiger charge is 2.26. The average molecular weight is 541 g/mol. The lowest BCUT2D eigenvalue weighted by Crippen LogP contribution is -2.32. The van der Waals surface area contributed by atoms with Gasteiger partial charge in [-0.1, -0.05) is 66.7 Å². The Morgan fingerprint density at radius 3 is 2.32 bits per heavy atom. The van der Waals surface area contributed by atoms with Gasteiger partial charge in [0.2, 0.25) is 5.90 Å². The molecule has 1 aliphatic heterocycles. The molecular weight excluding hydrogens is 508 g/mol. The molecule has 0 unspecified atom stereocenters. The van der Waals surface area contributed by atoms with E-state index < -0.39 is 0 Å². The number of carbonyl (C=O) groups is 1. The molecule has 204 valence electrons. The third kappa shape index (κ3) is 5.41. The predicted molar refractivity (Wildman–Crippen MR) is 165 cm³/mol.